The Morgan fingerprint density at radius 1 is 1.12 bits per heavy atom. The monoisotopic (exact) mass is 480 g/mol. The minimum Gasteiger partial charge on any atom is -0.324 e. The number of nitrogens with zero attached hydrogens (tertiary/aromatic N) is 5. The van der Waals surface area contributed by atoms with Crippen LogP contribution >= 0.6 is 34.7 Å². The van der Waals surface area contributed by atoms with E-state index in [1.165, 1.54) is 23.1 Å². The molecule has 0 saturated heterocycles. The maximum atomic E-state index is 12.4. The lowest BCUT2D eigenvalue weighted by Gasteiger charge is -2.03. The van der Waals surface area contributed by atoms with Gasteiger partial charge in [-0.25, -0.2) is 9.97 Å². The van der Waals surface area contributed by atoms with Crippen LogP contribution in [0.1, 0.15) is 6.92 Å². The zero-order chi connectivity index (χ0) is 22.1. The van der Waals surface area contributed by atoms with Crippen molar-refractivity contribution in [2.45, 2.75) is 18.6 Å². The average Bonchev–Trinajstić information content (AvgIpc) is 3.40. The number of amides is 1. The van der Waals surface area contributed by atoms with Crippen molar-refractivity contribution in [1.82, 2.24) is 24.7 Å². The van der Waals surface area contributed by atoms with E-state index in [-0.39, 0.29) is 11.7 Å². The van der Waals surface area contributed by atoms with Crippen LogP contribution in [0.15, 0.2) is 59.1 Å². The van der Waals surface area contributed by atoms with Crippen LogP contribution in [-0.4, -0.2) is 36.4 Å². The molecular weight excluding hydrogens is 464 g/mol. The minimum absolute atomic E-state index is 0.162. The molecule has 0 aliphatic carbocycles. The van der Waals surface area contributed by atoms with Gasteiger partial charge < -0.3 is 9.88 Å². The number of hydrogen-bond acceptors (Lipinski definition) is 7. The highest BCUT2D eigenvalue weighted by Gasteiger charge is 2.15. The van der Waals surface area contributed by atoms with Crippen molar-refractivity contribution in [3.8, 4) is 11.3 Å². The van der Waals surface area contributed by atoms with Crippen LogP contribution in [0.25, 0.3) is 33.3 Å². The molecule has 1 amide bonds. The summed E-state index contributed by atoms with van der Waals surface area (Å²) < 4.78 is 2.11. The maximum Gasteiger partial charge on any atom is 0.236 e. The van der Waals surface area contributed by atoms with Crippen LogP contribution in [0.3, 0.4) is 0 Å². The molecule has 5 aromatic rings. The molecule has 3 aromatic heterocycles. The fourth-order valence-electron chi connectivity index (χ4n) is 3.44. The van der Waals surface area contributed by atoms with Crippen LogP contribution in [-0.2, 0) is 11.3 Å². The summed E-state index contributed by atoms with van der Waals surface area (Å²) in [4.78, 5) is 21.6. The lowest BCUT2D eigenvalue weighted by molar-refractivity contribution is -0.113. The predicted octanol–water partition coefficient (Wildman–Crippen LogP) is 5.51. The van der Waals surface area contributed by atoms with Gasteiger partial charge in [0.05, 0.1) is 17.0 Å². The molecule has 5 rings (SSSR count). The number of thioether (sulfide) groups is 1. The van der Waals surface area contributed by atoms with E-state index in [0.29, 0.717) is 15.3 Å². The van der Waals surface area contributed by atoms with Gasteiger partial charge in [-0.2, -0.15) is 0 Å². The SMILES string of the molecule is CCn1c2ccccc2c2nnc(SCC(=O)Nc3nc(-c4ccc(Cl)cc4)cs3)nc21. The first kappa shape index (κ1) is 20.9. The molecular formula is C22H17ClN6OS2. The molecule has 160 valence electrons. The molecule has 1 N–H and O–H groups in total. The summed E-state index contributed by atoms with van der Waals surface area (Å²) in [6.45, 7) is 2.84. The lowest BCUT2D eigenvalue weighted by atomic mass is 10.2. The molecule has 10 heteroatoms. The van der Waals surface area contributed by atoms with Gasteiger partial charge in [-0.05, 0) is 25.1 Å². The molecule has 0 aliphatic rings. The fraction of sp³-hybridized carbons (Fsp3) is 0.136. The summed E-state index contributed by atoms with van der Waals surface area (Å²) in [7, 11) is 0. The van der Waals surface area contributed by atoms with E-state index >= 15 is 0 Å². The third kappa shape index (κ3) is 4.06. The van der Waals surface area contributed by atoms with Gasteiger partial charge >= 0.3 is 0 Å². The van der Waals surface area contributed by atoms with Gasteiger partial charge in [0.15, 0.2) is 10.8 Å². The van der Waals surface area contributed by atoms with Crippen LogP contribution in [0.5, 0.6) is 0 Å². The first-order valence-corrected chi connectivity index (χ1v) is 12.1. The smallest absolute Gasteiger partial charge is 0.236 e. The molecule has 0 saturated carbocycles. The number of hydrogen-bond donors (Lipinski definition) is 1. The van der Waals surface area contributed by atoms with Gasteiger partial charge in [-0.1, -0.05) is 53.7 Å². The van der Waals surface area contributed by atoms with Crippen LogP contribution in [0.2, 0.25) is 5.02 Å². The van der Waals surface area contributed by atoms with Crippen molar-refractivity contribution in [3.05, 3.63) is 58.9 Å². The number of aryl methyl sites for hydroxylation is 1. The molecule has 2 aromatic carbocycles. The second-order valence-corrected chi connectivity index (χ2v) is 9.15. The number of thiazole rings is 1. The van der Waals surface area contributed by atoms with E-state index < -0.39 is 0 Å². The number of nitrogens with one attached hydrogen (secondary N) is 1. The second kappa shape index (κ2) is 8.85. The predicted molar refractivity (Wildman–Crippen MR) is 130 cm³/mol. The Morgan fingerprint density at radius 3 is 2.75 bits per heavy atom. The van der Waals surface area contributed by atoms with Gasteiger partial charge in [-0.15, -0.1) is 21.5 Å². The first-order chi connectivity index (χ1) is 15.6. The van der Waals surface area contributed by atoms with Crippen molar-refractivity contribution in [3.63, 3.8) is 0 Å². The number of carbonyl (C=O) groups is 1. The van der Waals surface area contributed by atoms with Gasteiger partial charge in [0, 0.05) is 27.9 Å². The highest BCUT2D eigenvalue weighted by molar-refractivity contribution is 7.99. The highest BCUT2D eigenvalue weighted by atomic mass is 35.5. The molecule has 0 fully saturated rings. The molecule has 0 spiro atoms. The summed E-state index contributed by atoms with van der Waals surface area (Å²) in [5, 5.41) is 16.0. The van der Waals surface area contributed by atoms with Crippen LogP contribution in [0.4, 0.5) is 5.13 Å². The molecule has 0 atom stereocenters. The van der Waals surface area contributed by atoms with E-state index in [4.69, 9.17) is 11.6 Å². The summed E-state index contributed by atoms with van der Waals surface area (Å²) in [5.74, 6) is -0.0122. The highest BCUT2D eigenvalue weighted by Crippen LogP contribution is 2.28. The van der Waals surface area contributed by atoms with E-state index in [0.717, 1.165) is 39.9 Å². The van der Waals surface area contributed by atoms with Gasteiger partial charge in [0.25, 0.3) is 0 Å². The number of fused-ring (bicyclic) bond motifs is 3. The molecule has 0 radical (unpaired) electrons. The Bertz CT molecular complexity index is 1430. The number of rotatable bonds is 6. The Kier molecular flexibility index (Phi) is 5.77. The third-order valence-electron chi connectivity index (χ3n) is 4.89. The normalized spacial score (nSPS) is 11.3. The van der Waals surface area contributed by atoms with Crippen LogP contribution in [0, 0.1) is 0 Å². The van der Waals surface area contributed by atoms with Crippen molar-refractivity contribution in [1.29, 1.82) is 0 Å². The standard InChI is InChI=1S/C22H17ClN6OS2/c1-2-29-17-6-4-3-5-15(17)19-20(29)26-22(28-27-19)32-12-18(30)25-21-24-16(11-31-21)13-7-9-14(23)10-8-13/h3-11H,2,12H2,1H3,(H,24,25,30). The van der Waals surface area contributed by atoms with Gasteiger partial charge in [0.1, 0.15) is 5.52 Å². The first-order valence-electron chi connectivity index (χ1n) is 9.88. The van der Waals surface area contributed by atoms with Crippen LogP contribution < -0.4 is 5.32 Å². The number of para-hydroxylation sites is 1. The van der Waals surface area contributed by atoms with E-state index in [2.05, 4.69) is 43.0 Å². The van der Waals surface area contributed by atoms with E-state index in [1.807, 2.05) is 47.8 Å². The quantitative estimate of drug-likeness (QED) is 0.323. The summed E-state index contributed by atoms with van der Waals surface area (Å²) in [6.07, 6.45) is 0. The van der Waals surface area contributed by atoms with Gasteiger partial charge in [0.2, 0.25) is 11.1 Å². The number of carbonyl (C=O) groups excluding carboxylic acids is 1. The molecule has 32 heavy (non-hydrogen) atoms. The lowest BCUT2D eigenvalue weighted by Crippen LogP contribution is -2.14. The maximum absolute atomic E-state index is 12.4. The molecule has 0 bridgehead atoms. The largest absolute Gasteiger partial charge is 0.324 e. The summed E-state index contributed by atoms with van der Waals surface area (Å²) in [6, 6.07) is 15.5. The molecule has 0 aliphatic heterocycles. The topological polar surface area (TPSA) is 85.6 Å². The van der Waals surface area contributed by atoms with Crippen molar-refractivity contribution in [2.24, 2.45) is 0 Å². The molecule has 3 heterocycles. The van der Waals surface area contributed by atoms with Crippen molar-refractivity contribution >= 4 is 67.8 Å². The fourth-order valence-corrected chi connectivity index (χ4v) is 4.88. The Labute approximate surface area is 196 Å². The summed E-state index contributed by atoms with van der Waals surface area (Å²) >= 11 is 8.56. The average molecular weight is 481 g/mol. The zero-order valence-electron chi connectivity index (χ0n) is 16.9. The Hall–Kier alpha value is -3.01. The zero-order valence-corrected chi connectivity index (χ0v) is 19.3. The molecule has 0 unspecified atom stereocenters. The Morgan fingerprint density at radius 2 is 1.94 bits per heavy atom. The number of halogens is 1. The van der Waals surface area contributed by atoms with E-state index in [9.17, 15) is 4.79 Å². The van der Waals surface area contributed by atoms with Crippen molar-refractivity contribution < 1.29 is 4.79 Å². The second-order valence-electron chi connectivity index (χ2n) is 6.91. The van der Waals surface area contributed by atoms with Gasteiger partial charge in [-0.3, -0.25) is 4.79 Å². The number of aromatic nitrogens is 5. The summed E-state index contributed by atoms with van der Waals surface area (Å²) in [5.41, 5.74) is 4.36. The minimum atomic E-state index is -0.174. The molecule has 7 nitrogen and oxygen atoms in total. The van der Waals surface area contributed by atoms with Crippen molar-refractivity contribution in [2.75, 3.05) is 11.1 Å². The number of benzene rings is 2. The Balaban J connectivity index is 1.28. The third-order valence-corrected chi connectivity index (χ3v) is 6.74. The van der Waals surface area contributed by atoms with E-state index in [1.54, 1.807) is 0 Å². The number of anilines is 1.